The predicted molar refractivity (Wildman–Crippen MR) is 85.3 cm³/mol. The molecule has 0 saturated heterocycles. The molecule has 0 spiro atoms. The molecule has 2 amide bonds. The Labute approximate surface area is 134 Å². The fourth-order valence-electron chi connectivity index (χ4n) is 2.13. The molecule has 1 aromatic heterocycles. The quantitative estimate of drug-likeness (QED) is 0.873. The standard InChI is InChI=1S/C17H18N4O2/c1-12(16(22)19-10-13-6-4-3-5-7-13)20-17(23)15-8-14(9-18)11-21(15)2/h3-8,11-12H,10H2,1-2H3,(H,19,22)(H,20,23)/t12-/m0/s1. The number of hydrogen-bond acceptors (Lipinski definition) is 3. The minimum Gasteiger partial charge on any atom is -0.350 e. The molecule has 0 radical (unpaired) electrons. The molecule has 2 rings (SSSR count). The maximum absolute atomic E-state index is 12.2. The van der Waals surface area contributed by atoms with E-state index in [2.05, 4.69) is 10.6 Å². The first-order chi connectivity index (χ1) is 11.0. The van der Waals surface area contributed by atoms with E-state index < -0.39 is 11.9 Å². The highest BCUT2D eigenvalue weighted by atomic mass is 16.2. The zero-order chi connectivity index (χ0) is 16.8. The highest BCUT2D eigenvalue weighted by molar-refractivity contribution is 5.96. The summed E-state index contributed by atoms with van der Waals surface area (Å²) < 4.78 is 1.56. The summed E-state index contributed by atoms with van der Waals surface area (Å²) in [4.78, 5) is 24.2. The summed E-state index contributed by atoms with van der Waals surface area (Å²) in [5.74, 6) is -0.659. The highest BCUT2D eigenvalue weighted by Gasteiger charge is 2.18. The van der Waals surface area contributed by atoms with Crippen molar-refractivity contribution in [1.82, 2.24) is 15.2 Å². The van der Waals surface area contributed by atoms with Crippen LogP contribution in [0.2, 0.25) is 0 Å². The van der Waals surface area contributed by atoms with Gasteiger partial charge >= 0.3 is 0 Å². The van der Waals surface area contributed by atoms with E-state index in [9.17, 15) is 9.59 Å². The van der Waals surface area contributed by atoms with E-state index in [0.29, 0.717) is 17.8 Å². The molecule has 0 aliphatic carbocycles. The Morgan fingerprint density at radius 1 is 1.30 bits per heavy atom. The molecule has 0 unspecified atom stereocenters. The van der Waals surface area contributed by atoms with Crippen molar-refractivity contribution in [2.45, 2.75) is 19.5 Å². The van der Waals surface area contributed by atoms with E-state index in [1.165, 1.54) is 6.07 Å². The number of carbonyl (C=O) groups is 2. The molecule has 6 heteroatoms. The van der Waals surface area contributed by atoms with Crippen molar-refractivity contribution in [1.29, 1.82) is 5.26 Å². The lowest BCUT2D eigenvalue weighted by atomic mass is 10.2. The zero-order valence-corrected chi connectivity index (χ0v) is 13.0. The molecular weight excluding hydrogens is 292 g/mol. The van der Waals surface area contributed by atoms with Crippen molar-refractivity contribution in [3.63, 3.8) is 0 Å². The molecule has 6 nitrogen and oxygen atoms in total. The van der Waals surface area contributed by atoms with Gasteiger partial charge in [-0.3, -0.25) is 9.59 Å². The SMILES string of the molecule is C[C@H](NC(=O)c1cc(C#N)cn1C)C(=O)NCc1ccccc1. The van der Waals surface area contributed by atoms with E-state index in [-0.39, 0.29) is 5.91 Å². The summed E-state index contributed by atoms with van der Waals surface area (Å²) >= 11 is 0. The molecule has 1 aromatic carbocycles. The van der Waals surface area contributed by atoms with E-state index in [1.807, 2.05) is 36.4 Å². The number of hydrogen-bond donors (Lipinski definition) is 2. The molecule has 0 bridgehead atoms. The molecule has 118 valence electrons. The molecule has 0 aliphatic heterocycles. The van der Waals surface area contributed by atoms with Gasteiger partial charge in [-0.25, -0.2) is 0 Å². The van der Waals surface area contributed by atoms with Crippen LogP contribution >= 0.6 is 0 Å². The first-order valence-corrected chi connectivity index (χ1v) is 7.20. The Hall–Kier alpha value is -3.07. The third kappa shape index (κ3) is 4.20. The molecule has 0 aliphatic rings. The molecule has 0 saturated carbocycles. The lowest BCUT2D eigenvalue weighted by Gasteiger charge is -2.14. The maximum atomic E-state index is 12.2. The Bertz CT molecular complexity index is 744. The summed E-state index contributed by atoms with van der Waals surface area (Å²) in [6, 6.07) is 12.3. The minimum atomic E-state index is -0.674. The lowest BCUT2D eigenvalue weighted by molar-refractivity contribution is -0.122. The summed E-state index contributed by atoms with van der Waals surface area (Å²) in [5.41, 5.74) is 1.73. The summed E-state index contributed by atoms with van der Waals surface area (Å²) in [6.45, 7) is 2.02. The van der Waals surface area contributed by atoms with Crippen LogP contribution in [0.4, 0.5) is 0 Å². The van der Waals surface area contributed by atoms with Crippen LogP contribution in [-0.2, 0) is 18.4 Å². The van der Waals surface area contributed by atoms with E-state index >= 15 is 0 Å². The topological polar surface area (TPSA) is 86.9 Å². The van der Waals surface area contributed by atoms with E-state index in [4.69, 9.17) is 5.26 Å². The summed E-state index contributed by atoms with van der Waals surface area (Å²) in [6.07, 6.45) is 1.56. The predicted octanol–water partition coefficient (Wildman–Crippen LogP) is 1.33. The summed E-state index contributed by atoms with van der Waals surface area (Å²) in [7, 11) is 1.68. The average Bonchev–Trinajstić information content (AvgIpc) is 2.94. The van der Waals surface area contributed by atoms with Crippen molar-refractivity contribution in [3.8, 4) is 6.07 Å². The van der Waals surface area contributed by atoms with Gasteiger partial charge in [-0.2, -0.15) is 5.26 Å². The van der Waals surface area contributed by atoms with Crippen LogP contribution in [0.5, 0.6) is 0 Å². The number of aryl methyl sites for hydroxylation is 1. The first kappa shape index (κ1) is 16.3. The van der Waals surface area contributed by atoms with Crippen LogP contribution in [0.25, 0.3) is 0 Å². The number of rotatable bonds is 5. The Kier molecular flexibility index (Phi) is 5.15. The van der Waals surface area contributed by atoms with Crippen molar-refractivity contribution >= 4 is 11.8 Å². The van der Waals surface area contributed by atoms with Crippen LogP contribution in [0.15, 0.2) is 42.6 Å². The molecule has 0 fully saturated rings. The maximum Gasteiger partial charge on any atom is 0.268 e. The van der Waals surface area contributed by atoms with Gasteiger partial charge in [0.1, 0.15) is 17.8 Å². The van der Waals surface area contributed by atoms with Crippen molar-refractivity contribution in [3.05, 3.63) is 59.4 Å². The van der Waals surface area contributed by atoms with Gasteiger partial charge in [0.2, 0.25) is 5.91 Å². The van der Waals surface area contributed by atoms with Gasteiger partial charge in [-0.15, -0.1) is 0 Å². The normalized spacial score (nSPS) is 11.3. The summed E-state index contributed by atoms with van der Waals surface area (Å²) in [5, 5.41) is 14.2. The van der Waals surface area contributed by atoms with Gasteiger partial charge in [-0.05, 0) is 18.6 Å². The number of amides is 2. The number of benzene rings is 1. The third-order valence-corrected chi connectivity index (χ3v) is 3.42. The Balaban J connectivity index is 1.91. The Morgan fingerprint density at radius 3 is 2.61 bits per heavy atom. The van der Waals surface area contributed by atoms with E-state index in [0.717, 1.165) is 5.56 Å². The number of carbonyl (C=O) groups excluding carboxylic acids is 2. The van der Waals surface area contributed by atoms with Gasteiger partial charge in [-0.1, -0.05) is 30.3 Å². The fourth-order valence-corrected chi connectivity index (χ4v) is 2.13. The fraction of sp³-hybridized carbons (Fsp3) is 0.235. The Morgan fingerprint density at radius 2 is 2.00 bits per heavy atom. The van der Waals surface area contributed by atoms with Crippen LogP contribution in [-0.4, -0.2) is 22.4 Å². The van der Waals surface area contributed by atoms with Gasteiger partial charge in [0, 0.05) is 19.8 Å². The van der Waals surface area contributed by atoms with Crippen molar-refractivity contribution in [2.24, 2.45) is 7.05 Å². The van der Waals surface area contributed by atoms with Gasteiger partial charge < -0.3 is 15.2 Å². The molecule has 2 N–H and O–H groups in total. The lowest BCUT2D eigenvalue weighted by Crippen LogP contribution is -2.44. The monoisotopic (exact) mass is 310 g/mol. The van der Waals surface area contributed by atoms with E-state index in [1.54, 1.807) is 24.7 Å². The largest absolute Gasteiger partial charge is 0.350 e. The zero-order valence-electron chi connectivity index (χ0n) is 13.0. The molecular formula is C17H18N4O2. The average molecular weight is 310 g/mol. The third-order valence-electron chi connectivity index (χ3n) is 3.42. The smallest absolute Gasteiger partial charge is 0.268 e. The molecule has 23 heavy (non-hydrogen) atoms. The molecule has 2 aromatic rings. The second kappa shape index (κ2) is 7.27. The molecule has 1 heterocycles. The van der Waals surface area contributed by atoms with Crippen LogP contribution < -0.4 is 10.6 Å². The van der Waals surface area contributed by atoms with Gasteiger partial charge in [0.25, 0.3) is 5.91 Å². The number of nitrogens with one attached hydrogen (secondary N) is 2. The van der Waals surface area contributed by atoms with Crippen LogP contribution in [0.3, 0.4) is 0 Å². The van der Waals surface area contributed by atoms with Crippen molar-refractivity contribution < 1.29 is 9.59 Å². The second-order valence-corrected chi connectivity index (χ2v) is 5.24. The first-order valence-electron chi connectivity index (χ1n) is 7.20. The van der Waals surface area contributed by atoms with Gasteiger partial charge in [0.05, 0.1) is 5.56 Å². The number of nitriles is 1. The highest BCUT2D eigenvalue weighted by Crippen LogP contribution is 2.06. The molecule has 1 atom stereocenters. The number of aromatic nitrogens is 1. The van der Waals surface area contributed by atoms with Crippen LogP contribution in [0.1, 0.15) is 28.5 Å². The second-order valence-electron chi connectivity index (χ2n) is 5.24. The minimum absolute atomic E-state index is 0.267. The van der Waals surface area contributed by atoms with Crippen molar-refractivity contribution in [2.75, 3.05) is 0 Å². The number of nitrogens with zero attached hydrogens (tertiary/aromatic N) is 2. The van der Waals surface area contributed by atoms with Crippen LogP contribution in [0, 0.1) is 11.3 Å². The van der Waals surface area contributed by atoms with Gasteiger partial charge in [0.15, 0.2) is 0 Å².